The van der Waals surface area contributed by atoms with E-state index in [1.165, 1.54) is 30.8 Å². The molecule has 0 radical (unpaired) electrons. The molecule has 0 spiro atoms. The number of rotatable bonds is 6. The van der Waals surface area contributed by atoms with Crippen LogP contribution in [0.5, 0.6) is 0 Å². The maximum absolute atomic E-state index is 12.7. The second kappa shape index (κ2) is 7.03. The lowest BCUT2D eigenvalue weighted by molar-refractivity contribution is -0.384. The summed E-state index contributed by atoms with van der Waals surface area (Å²) in [6, 6.07) is 5.94. The first-order valence-electron chi connectivity index (χ1n) is 8.09. The van der Waals surface area contributed by atoms with Gasteiger partial charge in [0.05, 0.1) is 18.1 Å². The highest BCUT2D eigenvalue weighted by atomic mass is 16.6. The summed E-state index contributed by atoms with van der Waals surface area (Å²) in [7, 11) is 2.90. The van der Waals surface area contributed by atoms with Crippen molar-refractivity contribution in [2.75, 3.05) is 18.5 Å². The highest BCUT2D eigenvalue weighted by Gasteiger charge is 2.19. The van der Waals surface area contributed by atoms with Gasteiger partial charge in [-0.25, -0.2) is 4.79 Å². The van der Waals surface area contributed by atoms with Gasteiger partial charge in [-0.15, -0.1) is 0 Å². The summed E-state index contributed by atoms with van der Waals surface area (Å²) >= 11 is 0. The van der Waals surface area contributed by atoms with Gasteiger partial charge in [-0.1, -0.05) is 12.1 Å². The lowest BCUT2D eigenvalue weighted by Crippen LogP contribution is -2.37. The van der Waals surface area contributed by atoms with Crippen LogP contribution in [-0.2, 0) is 20.6 Å². The van der Waals surface area contributed by atoms with E-state index in [1.54, 1.807) is 16.7 Å². The van der Waals surface area contributed by atoms with Gasteiger partial charge in [0.15, 0.2) is 11.2 Å². The smallest absolute Gasteiger partial charge is 0.332 e. The molecule has 27 heavy (non-hydrogen) atoms. The van der Waals surface area contributed by atoms with Crippen LogP contribution >= 0.6 is 0 Å². The molecule has 142 valence electrons. The number of aryl methyl sites for hydroxylation is 1. The number of nitrogens with one attached hydrogen (secondary N) is 1. The number of nitro benzene ring substituents is 1. The fourth-order valence-corrected chi connectivity index (χ4v) is 2.81. The van der Waals surface area contributed by atoms with Gasteiger partial charge in [-0.3, -0.25) is 28.6 Å². The highest BCUT2D eigenvalue weighted by Crippen LogP contribution is 2.19. The number of hydrogen-bond acceptors (Lipinski definition) is 7. The van der Waals surface area contributed by atoms with E-state index < -0.39 is 16.2 Å². The Kier molecular flexibility index (Phi) is 4.77. The third kappa shape index (κ3) is 3.19. The Hall–Kier alpha value is -3.47. The fourth-order valence-electron chi connectivity index (χ4n) is 2.81. The Labute approximate surface area is 152 Å². The van der Waals surface area contributed by atoms with E-state index in [-0.39, 0.29) is 36.5 Å². The SMILES string of the molecule is Cn1c(=O)c2c(nc(NCCO)n2Cc2ccc([N+](=O)[O-])cc2)n(C)c1=O. The molecule has 0 atom stereocenters. The van der Waals surface area contributed by atoms with Crippen molar-refractivity contribution in [3.8, 4) is 0 Å². The number of benzene rings is 1. The summed E-state index contributed by atoms with van der Waals surface area (Å²) in [5.74, 6) is 0.315. The number of fused-ring (bicyclic) bond motifs is 1. The monoisotopic (exact) mass is 374 g/mol. The van der Waals surface area contributed by atoms with Crippen molar-refractivity contribution in [2.24, 2.45) is 14.1 Å². The Morgan fingerprint density at radius 2 is 1.85 bits per heavy atom. The molecule has 11 nitrogen and oxygen atoms in total. The summed E-state index contributed by atoms with van der Waals surface area (Å²) in [6.07, 6.45) is 0. The van der Waals surface area contributed by atoms with Crippen LogP contribution in [0, 0.1) is 10.1 Å². The molecule has 1 aromatic carbocycles. The Morgan fingerprint density at radius 1 is 1.19 bits per heavy atom. The Bertz CT molecular complexity index is 1130. The first-order valence-corrected chi connectivity index (χ1v) is 8.09. The molecule has 2 aromatic heterocycles. The largest absolute Gasteiger partial charge is 0.395 e. The minimum Gasteiger partial charge on any atom is -0.395 e. The average Bonchev–Trinajstić information content (AvgIpc) is 3.01. The number of anilines is 1. The minimum atomic E-state index is -0.500. The number of nitro groups is 1. The van der Waals surface area contributed by atoms with Gasteiger partial charge in [0.2, 0.25) is 5.95 Å². The molecule has 0 unspecified atom stereocenters. The third-order valence-corrected chi connectivity index (χ3v) is 4.23. The van der Waals surface area contributed by atoms with E-state index in [4.69, 9.17) is 5.11 Å². The second-order valence-electron chi connectivity index (χ2n) is 5.97. The topological polar surface area (TPSA) is 137 Å². The molecule has 0 saturated heterocycles. The molecular formula is C16H18N6O5. The van der Waals surface area contributed by atoms with Crippen LogP contribution in [0.2, 0.25) is 0 Å². The van der Waals surface area contributed by atoms with Crippen LogP contribution in [0.4, 0.5) is 11.6 Å². The summed E-state index contributed by atoms with van der Waals surface area (Å²) in [6.45, 7) is 0.269. The number of nitrogens with zero attached hydrogens (tertiary/aromatic N) is 5. The van der Waals surface area contributed by atoms with Crippen molar-refractivity contribution >= 4 is 22.8 Å². The first kappa shape index (κ1) is 18.3. The second-order valence-corrected chi connectivity index (χ2v) is 5.97. The van der Waals surface area contributed by atoms with E-state index in [0.29, 0.717) is 11.5 Å². The van der Waals surface area contributed by atoms with Gasteiger partial charge in [-0.05, 0) is 5.56 Å². The third-order valence-electron chi connectivity index (χ3n) is 4.23. The van der Waals surface area contributed by atoms with E-state index in [0.717, 1.165) is 4.57 Å². The molecule has 0 aliphatic carbocycles. The zero-order chi connectivity index (χ0) is 19.7. The number of aliphatic hydroxyl groups is 1. The molecule has 3 rings (SSSR count). The summed E-state index contributed by atoms with van der Waals surface area (Å²) in [5.41, 5.74) is 0.110. The first-order chi connectivity index (χ1) is 12.8. The van der Waals surface area contributed by atoms with Gasteiger partial charge in [0.25, 0.3) is 11.2 Å². The van der Waals surface area contributed by atoms with Crippen molar-refractivity contribution < 1.29 is 10.0 Å². The molecule has 2 N–H and O–H groups in total. The summed E-state index contributed by atoms with van der Waals surface area (Å²) in [5, 5.41) is 22.8. The van der Waals surface area contributed by atoms with Crippen LogP contribution in [-0.4, -0.2) is 41.9 Å². The predicted octanol–water partition coefficient (Wildman–Crippen LogP) is -0.206. The van der Waals surface area contributed by atoms with Crippen LogP contribution in [0.15, 0.2) is 33.9 Å². The molecule has 2 heterocycles. The standard InChI is InChI=1S/C16H18N6O5/c1-19-13-12(14(24)20(2)16(19)25)21(15(18-13)17-7-8-23)9-10-3-5-11(6-4-10)22(26)27/h3-6,23H,7-9H2,1-2H3,(H,17,18). The van der Waals surface area contributed by atoms with Crippen molar-refractivity contribution in [3.63, 3.8) is 0 Å². The van der Waals surface area contributed by atoms with Gasteiger partial charge in [0, 0.05) is 32.8 Å². The fraction of sp³-hybridized carbons (Fsp3) is 0.312. The molecule has 3 aromatic rings. The highest BCUT2D eigenvalue weighted by molar-refractivity contribution is 5.74. The predicted molar refractivity (Wildman–Crippen MR) is 98.0 cm³/mol. The van der Waals surface area contributed by atoms with Gasteiger partial charge in [0.1, 0.15) is 0 Å². The number of aromatic nitrogens is 4. The van der Waals surface area contributed by atoms with E-state index in [2.05, 4.69) is 10.3 Å². The van der Waals surface area contributed by atoms with Gasteiger partial charge in [-0.2, -0.15) is 4.98 Å². The van der Waals surface area contributed by atoms with Crippen molar-refractivity contribution in [2.45, 2.75) is 6.54 Å². The number of non-ortho nitro benzene ring substituents is 1. The molecule has 0 amide bonds. The van der Waals surface area contributed by atoms with E-state index in [9.17, 15) is 19.7 Å². The van der Waals surface area contributed by atoms with E-state index >= 15 is 0 Å². The molecule has 0 aliphatic heterocycles. The molecule has 0 fully saturated rings. The Balaban J connectivity index is 2.18. The summed E-state index contributed by atoms with van der Waals surface area (Å²) in [4.78, 5) is 39.5. The van der Waals surface area contributed by atoms with Crippen molar-refractivity contribution in [1.82, 2.24) is 18.7 Å². The molecule has 11 heteroatoms. The normalized spacial score (nSPS) is 11.1. The van der Waals surface area contributed by atoms with Crippen molar-refractivity contribution in [3.05, 3.63) is 60.8 Å². The van der Waals surface area contributed by atoms with Crippen LogP contribution in [0.1, 0.15) is 5.56 Å². The molecule has 0 aliphatic rings. The maximum Gasteiger partial charge on any atom is 0.332 e. The van der Waals surface area contributed by atoms with Crippen LogP contribution in [0.3, 0.4) is 0 Å². The van der Waals surface area contributed by atoms with Crippen LogP contribution < -0.4 is 16.6 Å². The van der Waals surface area contributed by atoms with E-state index in [1.807, 2.05) is 0 Å². The lowest BCUT2D eigenvalue weighted by atomic mass is 10.2. The average molecular weight is 374 g/mol. The van der Waals surface area contributed by atoms with Gasteiger partial charge >= 0.3 is 5.69 Å². The van der Waals surface area contributed by atoms with Crippen molar-refractivity contribution in [1.29, 1.82) is 0 Å². The number of aliphatic hydroxyl groups excluding tert-OH is 1. The minimum absolute atomic E-state index is 0.0359. The molecule has 0 bridgehead atoms. The lowest BCUT2D eigenvalue weighted by Gasteiger charge is -2.10. The maximum atomic E-state index is 12.7. The number of hydrogen-bond donors (Lipinski definition) is 2. The van der Waals surface area contributed by atoms with Crippen LogP contribution in [0.25, 0.3) is 11.2 Å². The Morgan fingerprint density at radius 3 is 2.44 bits per heavy atom. The zero-order valence-electron chi connectivity index (χ0n) is 14.7. The molecule has 0 saturated carbocycles. The zero-order valence-corrected chi connectivity index (χ0v) is 14.7. The molecular weight excluding hydrogens is 356 g/mol. The van der Waals surface area contributed by atoms with Gasteiger partial charge < -0.3 is 10.4 Å². The summed E-state index contributed by atoms with van der Waals surface area (Å²) < 4.78 is 3.85. The quantitative estimate of drug-likeness (QED) is 0.450. The number of imidazole rings is 1.